The predicted octanol–water partition coefficient (Wildman–Crippen LogP) is 1.75. The highest BCUT2D eigenvalue weighted by atomic mass is 19.1. The Bertz CT molecular complexity index is 613. The van der Waals surface area contributed by atoms with Crippen molar-refractivity contribution in [1.29, 1.82) is 0 Å². The van der Waals surface area contributed by atoms with Gasteiger partial charge in [-0.3, -0.25) is 9.78 Å². The number of nitrogens with two attached hydrogens (primary N) is 1. The summed E-state index contributed by atoms with van der Waals surface area (Å²) in [5.41, 5.74) is 7.58. The second-order valence-corrected chi connectivity index (χ2v) is 4.16. The van der Waals surface area contributed by atoms with Crippen molar-refractivity contribution in [2.45, 2.75) is 6.42 Å². The Balaban J connectivity index is 2.23. The van der Waals surface area contributed by atoms with E-state index in [9.17, 15) is 9.18 Å². The summed E-state index contributed by atoms with van der Waals surface area (Å²) in [6.45, 7) is 0. The van der Waals surface area contributed by atoms with E-state index in [2.05, 4.69) is 10.3 Å². The van der Waals surface area contributed by atoms with Gasteiger partial charge in [-0.2, -0.15) is 0 Å². The molecule has 0 radical (unpaired) electrons. The van der Waals surface area contributed by atoms with Crippen LogP contribution in [0.1, 0.15) is 21.6 Å². The number of nitrogens with one attached hydrogen (secondary N) is 1. The maximum atomic E-state index is 13.3. The Kier molecular flexibility index (Phi) is 3.75. The van der Waals surface area contributed by atoms with Crippen LogP contribution < -0.4 is 11.1 Å². The van der Waals surface area contributed by atoms with Crippen molar-refractivity contribution in [3.05, 3.63) is 59.2 Å². The molecule has 19 heavy (non-hydrogen) atoms. The number of carbonyl (C=O) groups is 1. The number of aromatic nitrogens is 1. The number of pyridine rings is 1. The van der Waals surface area contributed by atoms with E-state index in [0.717, 1.165) is 11.1 Å². The molecule has 0 aliphatic rings. The van der Waals surface area contributed by atoms with Gasteiger partial charge in [-0.15, -0.1) is 0 Å². The van der Waals surface area contributed by atoms with Crippen molar-refractivity contribution in [2.75, 3.05) is 12.8 Å². The molecule has 2 rings (SSSR count). The molecule has 0 fully saturated rings. The van der Waals surface area contributed by atoms with E-state index in [-0.39, 0.29) is 11.6 Å². The van der Waals surface area contributed by atoms with Gasteiger partial charge in [0, 0.05) is 13.2 Å². The highest BCUT2D eigenvalue weighted by molar-refractivity contribution is 5.92. The zero-order valence-electron chi connectivity index (χ0n) is 10.5. The molecule has 0 aliphatic carbocycles. The monoisotopic (exact) mass is 259 g/mol. The third-order valence-corrected chi connectivity index (χ3v) is 2.76. The summed E-state index contributed by atoms with van der Waals surface area (Å²) < 4.78 is 13.3. The van der Waals surface area contributed by atoms with Crippen LogP contribution in [0.5, 0.6) is 0 Å². The van der Waals surface area contributed by atoms with Gasteiger partial charge in [-0.1, -0.05) is 6.07 Å². The molecule has 0 aliphatic heterocycles. The molecule has 1 aromatic carbocycles. The summed E-state index contributed by atoms with van der Waals surface area (Å²) in [5.74, 6) is -0.677. The lowest BCUT2D eigenvalue weighted by Gasteiger charge is -2.05. The number of benzene rings is 1. The van der Waals surface area contributed by atoms with Crippen molar-refractivity contribution in [3.8, 4) is 0 Å². The molecule has 0 unspecified atom stereocenters. The Labute approximate surface area is 110 Å². The Hall–Kier alpha value is -2.43. The molecular formula is C14H14FN3O. The van der Waals surface area contributed by atoms with Gasteiger partial charge in [-0.25, -0.2) is 4.39 Å². The van der Waals surface area contributed by atoms with Crippen LogP contribution in [0.3, 0.4) is 0 Å². The average Bonchev–Trinajstić information content (AvgIpc) is 2.42. The number of amides is 1. The smallest absolute Gasteiger partial charge is 0.269 e. The Morgan fingerprint density at radius 3 is 2.74 bits per heavy atom. The van der Waals surface area contributed by atoms with Crippen LogP contribution >= 0.6 is 0 Å². The number of anilines is 1. The second-order valence-electron chi connectivity index (χ2n) is 4.16. The fourth-order valence-corrected chi connectivity index (χ4v) is 1.75. The standard InChI is InChI=1S/C14H14FN3O/c1-17-14(19)13-8-10(4-5-18-13)6-9-2-3-12(16)11(15)7-9/h2-5,7-8H,6,16H2,1H3,(H,17,19). The van der Waals surface area contributed by atoms with Gasteiger partial charge >= 0.3 is 0 Å². The van der Waals surface area contributed by atoms with E-state index in [4.69, 9.17) is 5.73 Å². The van der Waals surface area contributed by atoms with E-state index >= 15 is 0 Å². The van der Waals surface area contributed by atoms with Crippen molar-refractivity contribution in [1.82, 2.24) is 10.3 Å². The summed E-state index contributed by atoms with van der Waals surface area (Å²) in [4.78, 5) is 15.4. The van der Waals surface area contributed by atoms with E-state index in [1.54, 1.807) is 31.4 Å². The molecule has 98 valence electrons. The first-order chi connectivity index (χ1) is 9.10. The summed E-state index contributed by atoms with van der Waals surface area (Å²) >= 11 is 0. The van der Waals surface area contributed by atoms with Gasteiger partial charge in [0.25, 0.3) is 5.91 Å². The predicted molar refractivity (Wildman–Crippen MR) is 71.2 cm³/mol. The third-order valence-electron chi connectivity index (χ3n) is 2.76. The molecule has 4 nitrogen and oxygen atoms in total. The molecule has 1 aromatic heterocycles. The lowest BCUT2D eigenvalue weighted by atomic mass is 10.0. The van der Waals surface area contributed by atoms with Crippen LogP contribution in [0.15, 0.2) is 36.5 Å². The number of carbonyl (C=O) groups excluding carboxylic acids is 1. The fourth-order valence-electron chi connectivity index (χ4n) is 1.75. The molecule has 5 heteroatoms. The van der Waals surface area contributed by atoms with E-state index in [1.165, 1.54) is 12.1 Å². The quantitative estimate of drug-likeness (QED) is 0.825. The Morgan fingerprint density at radius 2 is 2.05 bits per heavy atom. The molecule has 1 heterocycles. The van der Waals surface area contributed by atoms with E-state index < -0.39 is 5.82 Å². The van der Waals surface area contributed by atoms with Crippen LogP contribution in [-0.4, -0.2) is 17.9 Å². The number of hydrogen-bond donors (Lipinski definition) is 2. The van der Waals surface area contributed by atoms with Crippen molar-refractivity contribution >= 4 is 11.6 Å². The summed E-state index contributed by atoms with van der Waals surface area (Å²) in [6.07, 6.45) is 2.08. The lowest BCUT2D eigenvalue weighted by molar-refractivity contribution is 0.0958. The minimum atomic E-state index is -0.432. The molecule has 0 bridgehead atoms. The first-order valence-electron chi connectivity index (χ1n) is 5.81. The summed E-state index contributed by atoms with van der Waals surface area (Å²) in [7, 11) is 1.55. The average molecular weight is 259 g/mol. The van der Waals surface area contributed by atoms with Crippen LogP contribution in [-0.2, 0) is 6.42 Å². The van der Waals surface area contributed by atoms with Crippen LogP contribution in [0.4, 0.5) is 10.1 Å². The zero-order chi connectivity index (χ0) is 13.8. The second kappa shape index (κ2) is 5.48. The maximum Gasteiger partial charge on any atom is 0.269 e. The van der Waals surface area contributed by atoms with Gasteiger partial charge in [0.15, 0.2) is 0 Å². The number of nitrogen functional groups attached to an aromatic ring is 1. The minimum Gasteiger partial charge on any atom is -0.396 e. The molecule has 3 N–H and O–H groups in total. The number of hydrogen-bond acceptors (Lipinski definition) is 3. The highest BCUT2D eigenvalue weighted by Crippen LogP contribution is 2.15. The number of rotatable bonds is 3. The van der Waals surface area contributed by atoms with Crippen molar-refractivity contribution < 1.29 is 9.18 Å². The molecule has 0 spiro atoms. The number of nitrogens with zero attached hydrogens (tertiary/aromatic N) is 1. The first kappa shape index (κ1) is 13.0. The van der Waals surface area contributed by atoms with Gasteiger partial charge in [0.05, 0.1) is 5.69 Å². The number of halogens is 1. The topological polar surface area (TPSA) is 68.0 Å². The highest BCUT2D eigenvalue weighted by Gasteiger charge is 2.06. The lowest BCUT2D eigenvalue weighted by Crippen LogP contribution is -2.19. The van der Waals surface area contributed by atoms with Crippen molar-refractivity contribution in [2.24, 2.45) is 0 Å². The minimum absolute atomic E-state index is 0.129. The largest absolute Gasteiger partial charge is 0.396 e. The van der Waals surface area contributed by atoms with Crippen LogP contribution in [0.25, 0.3) is 0 Å². The van der Waals surface area contributed by atoms with Gasteiger partial charge < -0.3 is 11.1 Å². The van der Waals surface area contributed by atoms with E-state index in [0.29, 0.717) is 12.1 Å². The fraction of sp³-hybridized carbons (Fsp3) is 0.143. The van der Waals surface area contributed by atoms with Gasteiger partial charge in [-0.05, 0) is 41.8 Å². The normalized spacial score (nSPS) is 10.2. The molecule has 0 saturated heterocycles. The molecule has 1 amide bonds. The van der Waals surface area contributed by atoms with Gasteiger partial charge in [0.1, 0.15) is 11.5 Å². The van der Waals surface area contributed by atoms with E-state index in [1.807, 2.05) is 0 Å². The van der Waals surface area contributed by atoms with Crippen LogP contribution in [0.2, 0.25) is 0 Å². The molecule has 2 aromatic rings. The molecular weight excluding hydrogens is 245 g/mol. The SMILES string of the molecule is CNC(=O)c1cc(Cc2ccc(N)c(F)c2)ccn1. The first-order valence-corrected chi connectivity index (χ1v) is 5.81. The van der Waals surface area contributed by atoms with Gasteiger partial charge in [0.2, 0.25) is 0 Å². The van der Waals surface area contributed by atoms with Crippen molar-refractivity contribution in [3.63, 3.8) is 0 Å². The Morgan fingerprint density at radius 1 is 1.32 bits per heavy atom. The van der Waals surface area contributed by atoms with Crippen LogP contribution in [0, 0.1) is 5.82 Å². The third kappa shape index (κ3) is 3.07. The molecule has 0 saturated carbocycles. The molecule has 0 atom stereocenters. The summed E-state index contributed by atoms with van der Waals surface area (Å²) in [6, 6.07) is 8.17. The summed E-state index contributed by atoms with van der Waals surface area (Å²) in [5, 5.41) is 2.51. The zero-order valence-corrected chi connectivity index (χ0v) is 10.5. The maximum absolute atomic E-state index is 13.3.